The molecule has 1 fully saturated rings. The zero-order chi connectivity index (χ0) is 27.6. The van der Waals surface area contributed by atoms with E-state index in [1.54, 1.807) is 11.3 Å². The average molecular weight is 593 g/mol. The number of aryl methyl sites for hydroxylation is 1. The van der Waals surface area contributed by atoms with Crippen molar-refractivity contribution in [1.29, 1.82) is 5.26 Å². The van der Waals surface area contributed by atoms with Crippen LogP contribution in [-0.4, -0.2) is 34.1 Å². The van der Waals surface area contributed by atoms with Gasteiger partial charge in [-0.25, -0.2) is 4.98 Å². The summed E-state index contributed by atoms with van der Waals surface area (Å²) in [6, 6.07) is 11.9. The van der Waals surface area contributed by atoms with E-state index in [2.05, 4.69) is 54.2 Å². The van der Waals surface area contributed by atoms with Crippen LogP contribution in [0.3, 0.4) is 0 Å². The minimum atomic E-state index is -0.265. The molecule has 1 atom stereocenters. The van der Waals surface area contributed by atoms with E-state index in [0.29, 0.717) is 38.2 Å². The zero-order valence-corrected chi connectivity index (χ0v) is 24.0. The van der Waals surface area contributed by atoms with Crippen LogP contribution in [0.5, 0.6) is 0 Å². The summed E-state index contributed by atoms with van der Waals surface area (Å²) in [5.74, 6) is 0. The Labute approximate surface area is 246 Å². The number of rotatable bonds is 7. The van der Waals surface area contributed by atoms with Gasteiger partial charge in [-0.05, 0) is 62.7 Å². The number of nitrogens with zero attached hydrogens (tertiary/aromatic N) is 4. The number of thiazole rings is 1. The van der Waals surface area contributed by atoms with E-state index >= 15 is 0 Å². The summed E-state index contributed by atoms with van der Waals surface area (Å²) < 4.78 is 0. The van der Waals surface area contributed by atoms with Crippen LogP contribution < -0.4 is 26.9 Å². The average Bonchev–Trinajstić information content (AvgIpc) is 3.68. The number of nitrogens with one attached hydrogen (secondary N) is 5. The van der Waals surface area contributed by atoms with Gasteiger partial charge in [0.25, 0.3) is 0 Å². The fourth-order valence-corrected chi connectivity index (χ4v) is 6.02. The number of nitriles is 1. The molecule has 0 aliphatic carbocycles. The summed E-state index contributed by atoms with van der Waals surface area (Å²) in [5, 5.41) is 26.3. The molecule has 9 nitrogen and oxygen atoms in total. The van der Waals surface area contributed by atoms with Crippen LogP contribution in [0.2, 0.25) is 10.0 Å². The molecule has 0 saturated carbocycles. The Kier molecular flexibility index (Phi) is 7.65. The molecule has 6 rings (SSSR count). The molecule has 0 amide bonds. The third kappa shape index (κ3) is 5.39. The molecule has 204 valence electrons. The Bertz CT molecular complexity index is 1610. The minimum absolute atomic E-state index is 0.265. The topological polar surface area (TPSA) is 113 Å². The molecule has 0 bridgehead atoms. The fraction of sp³-hybridized carbons (Fsp3) is 0.250. The minimum Gasteiger partial charge on any atom is -0.371 e. The van der Waals surface area contributed by atoms with Gasteiger partial charge in [-0.15, -0.1) is 16.9 Å². The van der Waals surface area contributed by atoms with Crippen LogP contribution in [0.1, 0.15) is 35.7 Å². The Morgan fingerprint density at radius 3 is 2.70 bits per heavy atom. The maximum absolute atomic E-state index is 9.90. The number of anilines is 3. The van der Waals surface area contributed by atoms with E-state index < -0.39 is 0 Å². The van der Waals surface area contributed by atoms with Gasteiger partial charge in [-0.2, -0.15) is 5.26 Å². The molecule has 4 aromatic rings. The molecule has 5 N–H and O–H groups in total. The summed E-state index contributed by atoms with van der Waals surface area (Å²) in [4.78, 5) is 9.09. The lowest BCUT2D eigenvalue weighted by Gasteiger charge is -2.30. The molecule has 0 radical (unpaired) electrons. The van der Waals surface area contributed by atoms with Gasteiger partial charge < -0.3 is 21.4 Å². The lowest BCUT2D eigenvalue weighted by molar-refractivity contribution is 0.162. The zero-order valence-electron chi connectivity index (χ0n) is 21.6. The van der Waals surface area contributed by atoms with Crippen LogP contribution >= 0.6 is 34.5 Å². The highest BCUT2D eigenvalue weighted by molar-refractivity contribution is 7.07. The van der Waals surface area contributed by atoms with Crippen molar-refractivity contribution in [2.75, 3.05) is 23.7 Å². The second-order valence-corrected chi connectivity index (χ2v) is 11.3. The number of aromatic nitrogens is 2. The highest BCUT2D eigenvalue weighted by Crippen LogP contribution is 2.37. The Balaban J connectivity index is 1.37. The van der Waals surface area contributed by atoms with E-state index in [1.807, 2.05) is 48.1 Å². The van der Waals surface area contributed by atoms with Crippen LogP contribution in [-0.2, 0) is 0 Å². The Morgan fingerprint density at radius 2 is 1.95 bits per heavy atom. The van der Waals surface area contributed by atoms with E-state index in [0.717, 1.165) is 54.3 Å². The third-order valence-electron chi connectivity index (χ3n) is 7.17. The van der Waals surface area contributed by atoms with Crippen molar-refractivity contribution in [2.45, 2.75) is 31.8 Å². The number of halogens is 2. The first kappa shape index (κ1) is 26.6. The number of fused-ring (bicyclic) bond motifs is 1. The molecular weight excluding hydrogens is 565 g/mol. The number of hydrogen-bond acceptors (Lipinski definition) is 10. The van der Waals surface area contributed by atoms with Crippen molar-refractivity contribution in [3.8, 4) is 6.07 Å². The highest BCUT2D eigenvalue weighted by Gasteiger charge is 2.28. The number of pyridine rings is 1. The lowest BCUT2D eigenvalue weighted by atomic mass is 10.1. The van der Waals surface area contributed by atoms with E-state index in [-0.39, 0.29) is 6.04 Å². The van der Waals surface area contributed by atoms with Gasteiger partial charge in [0.2, 0.25) is 0 Å². The molecule has 2 aromatic heterocycles. The van der Waals surface area contributed by atoms with Crippen LogP contribution in [0.4, 0.5) is 17.1 Å². The van der Waals surface area contributed by atoms with Crippen LogP contribution in [0, 0.1) is 18.3 Å². The van der Waals surface area contributed by atoms with Gasteiger partial charge in [-0.1, -0.05) is 29.3 Å². The normalized spacial score (nSPS) is 16.4. The maximum Gasteiger partial charge on any atom is 0.113 e. The Hall–Kier alpha value is -3.59. The molecule has 40 heavy (non-hydrogen) atoms. The highest BCUT2D eigenvalue weighted by atomic mass is 35.5. The molecule has 0 unspecified atom stereocenters. The first-order valence-electron chi connectivity index (χ1n) is 12.9. The van der Waals surface area contributed by atoms with Crippen molar-refractivity contribution in [2.24, 2.45) is 0 Å². The van der Waals surface area contributed by atoms with Crippen molar-refractivity contribution in [3.63, 3.8) is 0 Å². The first-order valence-corrected chi connectivity index (χ1v) is 14.6. The van der Waals surface area contributed by atoms with Gasteiger partial charge >= 0.3 is 0 Å². The largest absolute Gasteiger partial charge is 0.371 e. The smallest absolute Gasteiger partial charge is 0.113 e. The summed E-state index contributed by atoms with van der Waals surface area (Å²) in [6.07, 6.45) is 5.76. The molecule has 2 aliphatic rings. The van der Waals surface area contributed by atoms with Gasteiger partial charge in [0.1, 0.15) is 12.1 Å². The Morgan fingerprint density at radius 1 is 1.12 bits per heavy atom. The SMILES string of the molecule is Cc1ccc(Nc2c(C#N)cnc3c(Cl)cc(N[C@H](C4=CN(C5CCNCC5)NN4)c4cscn4)cc23)cc1Cl. The third-order valence-corrected chi connectivity index (χ3v) is 8.47. The van der Waals surface area contributed by atoms with Crippen LogP contribution in [0.25, 0.3) is 10.9 Å². The number of piperidine rings is 1. The monoisotopic (exact) mass is 591 g/mol. The summed E-state index contributed by atoms with van der Waals surface area (Å²) in [7, 11) is 0. The second-order valence-electron chi connectivity index (χ2n) is 9.80. The summed E-state index contributed by atoms with van der Waals surface area (Å²) >= 11 is 14.7. The van der Waals surface area contributed by atoms with E-state index in [4.69, 9.17) is 23.2 Å². The van der Waals surface area contributed by atoms with Crippen molar-refractivity contribution < 1.29 is 0 Å². The lowest BCUT2D eigenvalue weighted by Crippen LogP contribution is -2.47. The van der Waals surface area contributed by atoms with Crippen molar-refractivity contribution in [1.82, 2.24) is 31.3 Å². The van der Waals surface area contributed by atoms with Gasteiger partial charge in [-0.3, -0.25) is 9.99 Å². The number of hydrogen-bond donors (Lipinski definition) is 5. The molecule has 2 aromatic carbocycles. The van der Waals surface area contributed by atoms with Crippen molar-refractivity contribution in [3.05, 3.63) is 86.2 Å². The summed E-state index contributed by atoms with van der Waals surface area (Å²) in [6.45, 7) is 3.94. The number of benzene rings is 2. The predicted molar refractivity (Wildman–Crippen MR) is 162 cm³/mol. The first-order chi connectivity index (χ1) is 19.5. The fourth-order valence-electron chi connectivity index (χ4n) is 4.99. The molecule has 1 saturated heterocycles. The van der Waals surface area contributed by atoms with Gasteiger partial charge in [0.15, 0.2) is 0 Å². The van der Waals surface area contributed by atoms with Crippen LogP contribution in [0.15, 0.2) is 59.3 Å². The molecular formula is C28H27Cl2N9S. The quantitative estimate of drug-likeness (QED) is 0.177. The molecule has 12 heteroatoms. The summed E-state index contributed by atoms with van der Waals surface area (Å²) in [5.41, 5.74) is 14.4. The van der Waals surface area contributed by atoms with E-state index in [1.165, 1.54) is 6.20 Å². The predicted octanol–water partition coefficient (Wildman–Crippen LogP) is 5.99. The standard InChI is InChI=1S/C28H27Cl2N9S/c1-16-2-3-18(9-22(16)29)35-26-17(11-31)12-33-27-21(26)8-19(10-23(27)30)36-28(25-14-40-15-34-25)24-13-39(38-37-24)20-4-6-32-7-5-20/h2-3,8-10,12-15,20,28,32,36-38H,4-7H2,1H3,(H,33,35)/t28-/m1/s1. The molecule has 2 aliphatic heterocycles. The maximum atomic E-state index is 9.90. The van der Waals surface area contributed by atoms with E-state index in [9.17, 15) is 5.26 Å². The molecule has 0 spiro atoms. The number of hydrazine groups is 2. The second kappa shape index (κ2) is 11.5. The van der Waals surface area contributed by atoms with Gasteiger partial charge in [0.05, 0.1) is 38.7 Å². The molecule has 4 heterocycles. The van der Waals surface area contributed by atoms with Gasteiger partial charge in [0, 0.05) is 45.6 Å². The van der Waals surface area contributed by atoms with Crippen molar-refractivity contribution >= 4 is 62.5 Å².